The van der Waals surface area contributed by atoms with Crippen LogP contribution in [-0.2, 0) is 14.3 Å². The lowest BCUT2D eigenvalue weighted by atomic mass is 10.1. The first-order chi connectivity index (χ1) is 13.9. The second-order valence-electron chi connectivity index (χ2n) is 6.86. The number of amides is 3. The largest absolute Gasteiger partial charge is 0.493 e. The fraction of sp³-hybridized carbons (Fsp3) is 0.526. The number of primary amides is 1. The van der Waals surface area contributed by atoms with Crippen LogP contribution in [0, 0.1) is 0 Å². The number of carbonyl (C=O) groups excluding carboxylic acids is 3. The van der Waals surface area contributed by atoms with Crippen molar-refractivity contribution in [2.45, 2.75) is 18.9 Å². The van der Waals surface area contributed by atoms with E-state index in [0.29, 0.717) is 38.3 Å². The summed E-state index contributed by atoms with van der Waals surface area (Å²) in [6.07, 6.45) is 1.30. The Balaban J connectivity index is 1.65. The van der Waals surface area contributed by atoms with E-state index in [0.717, 1.165) is 12.8 Å². The number of nitrogens with zero attached hydrogens (tertiary/aromatic N) is 2. The molecule has 3 amide bonds. The normalized spacial score (nSPS) is 19.2. The standard InChI is InChI=1S/C19H24ClN3O6/c1-27-15-10-12(9-13(20)17(15)29-11-16(21)24)18(25)22-4-6-23(7-5-22)19(26)14-3-2-8-28-14/h9-10,14H,2-8,11H2,1H3,(H2,21,24). The van der Waals surface area contributed by atoms with Crippen molar-refractivity contribution in [2.75, 3.05) is 46.5 Å². The van der Waals surface area contributed by atoms with Gasteiger partial charge in [0.05, 0.1) is 12.1 Å². The molecule has 0 saturated carbocycles. The van der Waals surface area contributed by atoms with Gasteiger partial charge >= 0.3 is 0 Å². The fourth-order valence-corrected chi connectivity index (χ4v) is 3.68. The predicted molar refractivity (Wildman–Crippen MR) is 104 cm³/mol. The quantitative estimate of drug-likeness (QED) is 0.717. The molecule has 158 valence electrons. The molecule has 1 aromatic rings. The highest BCUT2D eigenvalue weighted by Crippen LogP contribution is 2.36. The van der Waals surface area contributed by atoms with Crippen LogP contribution < -0.4 is 15.2 Å². The molecule has 1 aromatic carbocycles. The smallest absolute Gasteiger partial charge is 0.255 e. The molecule has 1 unspecified atom stereocenters. The molecular weight excluding hydrogens is 402 g/mol. The van der Waals surface area contributed by atoms with Gasteiger partial charge in [0.15, 0.2) is 18.1 Å². The van der Waals surface area contributed by atoms with Crippen molar-refractivity contribution in [1.82, 2.24) is 9.80 Å². The minimum absolute atomic E-state index is 0.00438. The summed E-state index contributed by atoms with van der Waals surface area (Å²) in [4.78, 5) is 39.7. The topological polar surface area (TPSA) is 111 Å². The molecule has 2 saturated heterocycles. The third kappa shape index (κ3) is 4.91. The number of hydrogen-bond acceptors (Lipinski definition) is 6. The number of benzene rings is 1. The number of piperazine rings is 1. The predicted octanol–water partition coefficient (Wildman–Crippen LogP) is 0.676. The van der Waals surface area contributed by atoms with Crippen molar-refractivity contribution in [1.29, 1.82) is 0 Å². The van der Waals surface area contributed by atoms with Gasteiger partial charge in [-0.2, -0.15) is 0 Å². The van der Waals surface area contributed by atoms with Gasteiger partial charge in [-0.25, -0.2) is 0 Å². The first kappa shape index (κ1) is 21.2. The van der Waals surface area contributed by atoms with Crippen LogP contribution in [0.1, 0.15) is 23.2 Å². The van der Waals surface area contributed by atoms with E-state index in [4.69, 9.17) is 31.5 Å². The van der Waals surface area contributed by atoms with Crippen LogP contribution in [0.25, 0.3) is 0 Å². The van der Waals surface area contributed by atoms with Crippen LogP contribution in [0.3, 0.4) is 0 Å². The summed E-state index contributed by atoms with van der Waals surface area (Å²) in [6.45, 7) is 2.00. The Morgan fingerprint density at radius 2 is 1.90 bits per heavy atom. The Bertz CT molecular complexity index is 788. The maximum absolute atomic E-state index is 12.9. The fourth-order valence-electron chi connectivity index (χ4n) is 3.42. The average Bonchev–Trinajstić information content (AvgIpc) is 3.26. The molecule has 0 radical (unpaired) electrons. The number of ether oxygens (including phenoxy) is 3. The minimum atomic E-state index is -0.654. The lowest BCUT2D eigenvalue weighted by molar-refractivity contribution is -0.142. The molecule has 10 heteroatoms. The van der Waals surface area contributed by atoms with E-state index >= 15 is 0 Å². The molecule has 2 heterocycles. The first-order valence-corrected chi connectivity index (χ1v) is 9.76. The lowest BCUT2D eigenvalue weighted by Gasteiger charge is -2.35. The van der Waals surface area contributed by atoms with Gasteiger partial charge in [0.1, 0.15) is 6.10 Å². The summed E-state index contributed by atoms with van der Waals surface area (Å²) in [5.74, 6) is -0.504. The van der Waals surface area contributed by atoms with Crippen LogP contribution in [0.2, 0.25) is 5.02 Å². The molecule has 2 aliphatic heterocycles. The number of hydrogen-bond donors (Lipinski definition) is 1. The Labute approximate surface area is 173 Å². The van der Waals surface area contributed by atoms with E-state index in [1.54, 1.807) is 9.80 Å². The average molecular weight is 426 g/mol. The Hall–Kier alpha value is -2.52. The van der Waals surface area contributed by atoms with Gasteiger partial charge in [0.2, 0.25) is 0 Å². The number of rotatable bonds is 6. The highest BCUT2D eigenvalue weighted by atomic mass is 35.5. The molecule has 0 aromatic heterocycles. The van der Waals surface area contributed by atoms with E-state index in [1.807, 2.05) is 0 Å². The lowest BCUT2D eigenvalue weighted by Crippen LogP contribution is -2.52. The Kier molecular flexibility index (Phi) is 6.81. The molecule has 0 bridgehead atoms. The maximum atomic E-state index is 12.9. The molecule has 9 nitrogen and oxygen atoms in total. The van der Waals surface area contributed by atoms with Crippen molar-refractivity contribution in [3.05, 3.63) is 22.7 Å². The van der Waals surface area contributed by atoms with Crippen LogP contribution in [0.5, 0.6) is 11.5 Å². The number of methoxy groups -OCH3 is 1. The zero-order valence-corrected chi connectivity index (χ0v) is 16.9. The van der Waals surface area contributed by atoms with E-state index in [1.165, 1.54) is 19.2 Å². The highest BCUT2D eigenvalue weighted by molar-refractivity contribution is 6.32. The minimum Gasteiger partial charge on any atom is -0.493 e. The molecule has 1 atom stereocenters. The summed E-state index contributed by atoms with van der Waals surface area (Å²) in [5.41, 5.74) is 5.42. The van der Waals surface area contributed by atoms with Crippen LogP contribution in [0.4, 0.5) is 0 Å². The Morgan fingerprint density at radius 1 is 1.21 bits per heavy atom. The van der Waals surface area contributed by atoms with Gasteiger partial charge in [-0.3, -0.25) is 14.4 Å². The summed E-state index contributed by atoms with van der Waals surface area (Å²) < 4.78 is 16.0. The second-order valence-corrected chi connectivity index (χ2v) is 7.27. The van der Waals surface area contributed by atoms with E-state index in [2.05, 4.69) is 0 Å². The molecular formula is C19H24ClN3O6. The number of carbonyl (C=O) groups is 3. The van der Waals surface area contributed by atoms with Gasteiger partial charge in [-0.1, -0.05) is 11.6 Å². The van der Waals surface area contributed by atoms with Crippen molar-refractivity contribution in [2.24, 2.45) is 5.73 Å². The van der Waals surface area contributed by atoms with Gasteiger partial charge in [-0.05, 0) is 25.0 Å². The molecule has 2 N–H and O–H groups in total. The molecule has 2 fully saturated rings. The van der Waals surface area contributed by atoms with Gasteiger partial charge < -0.3 is 29.7 Å². The zero-order chi connectivity index (χ0) is 21.0. The van der Waals surface area contributed by atoms with Crippen LogP contribution >= 0.6 is 11.6 Å². The van der Waals surface area contributed by atoms with Crippen molar-refractivity contribution < 1.29 is 28.6 Å². The van der Waals surface area contributed by atoms with Gasteiger partial charge in [-0.15, -0.1) is 0 Å². The third-order valence-corrected chi connectivity index (χ3v) is 5.20. The van der Waals surface area contributed by atoms with E-state index in [9.17, 15) is 14.4 Å². The first-order valence-electron chi connectivity index (χ1n) is 9.39. The van der Waals surface area contributed by atoms with Crippen LogP contribution in [0.15, 0.2) is 12.1 Å². The van der Waals surface area contributed by atoms with Crippen molar-refractivity contribution in [3.8, 4) is 11.5 Å². The highest BCUT2D eigenvalue weighted by Gasteiger charge is 2.32. The second kappa shape index (κ2) is 9.32. The monoisotopic (exact) mass is 425 g/mol. The third-order valence-electron chi connectivity index (χ3n) is 4.92. The molecule has 2 aliphatic rings. The van der Waals surface area contributed by atoms with Gasteiger partial charge in [0, 0.05) is 38.3 Å². The summed E-state index contributed by atoms with van der Waals surface area (Å²) in [7, 11) is 1.41. The van der Waals surface area contributed by atoms with E-state index < -0.39 is 5.91 Å². The number of halogens is 1. The van der Waals surface area contributed by atoms with Crippen molar-refractivity contribution >= 4 is 29.3 Å². The number of nitrogens with two attached hydrogens (primary N) is 1. The molecule has 0 aliphatic carbocycles. The summed E-state index contributed by atoms with van der Waals surface area (Å²) in [5, 5.41) is 0.140. The maximum Gasteiger partial charge on any atom is 0.255 e. The SMILES string of the molecule is COc1cc(C(=O)N2CCN(C(=O)C3CCCO3)CC2)cc(Cl)c1OCC(N)=O. The molecule has 0 spiro atoms. The molecule has 3 rings (SSSR count). The molecule has 29 heavy (non-hydrogen) atoms. The Morgan fingerprint density at radius 3 is 2.48 bits per heavy atom. The van der Waals surface area contributed by atoms with Crippen LogP contribution in [-0.4, -0.2) is 80.1 Å². The summed E-state index contributed by atoms with van der Waals surface area (Å²) in [6, 6.07) is 2.97. The van der Waals surface area contributed by atoms with Gasteiger partial charge in [0.25, 0.3) is 17.7 Å². The van der Waals surface area contributed by atoms with E-state index in [-0.39, 0.29) is 41.0 Å². The summed E-state index contributed by atoms with van der Waals surface area (Å²) >= 11 is 6.22. The zero-order valence-electron chi connectivity index (χ0n) is 16.2. The van der Waals surface area contributed by atoms with Crippen molar-refractivity contribution in [3.63, 3.8) is 0 Å².